The van der Waals surface area contributed by atoms with Gasteiger partial charge in [-0.25, -0.2) is 0 Å². The predicted molar refractivity (Wildman–Crippen MR) is 114 cm³/mol. The van der Waals surface area contributed by atoms with Crippen LogP contribution in [0.2, 0.25) is 5.02 Å². The Morgan fingerprint density at radius 2 is 2.00 bits per heavy atom. The fraction of sp³-hybridized carbons (Fsp3) is 0.200. The number of amides is 2. The molecular weight excluding hydrogens is 432 g/mol. The Kier molecular flexibility index (Phi) is 6.63. The first-order valence-corrected chi connectivity index (χ1v) is 10.0. The first-order valence-electron chi connectivity index (χ1n) is 8.84. The highest BCUT2D eigenvalue weighted by Gasteiger charge is 2.31. The van der Waals surface area contributed by atoms with Crippen LogP contribution in [0, 0.1) is 10.1 Å². The number of nitro benzene ring substituents is 1. The fourth-order valence-corrected chi connectivity index (χ4v) is 3.79. The van der Waals surface area contributed by atoms with Crippen molar-refractivity contribution in [3.05, 3.63) is 67.6 Å². The summed E-state index contributed by atoms with van der Waals surface area (Å²) in [7, 11) is 1.42. The molecule has 8 nitrogen and oxygen atoms in total. The molecule has 1 aliphatic heterocycles. The van der Waals surface area contributed by atoms with Crippen LogP contribution in [0.4, 0.5) is 10.5 Å². The van der Waals surface area contributed by atoms with Crippen molar-refractivity contribution >= 4 is 46.3 Å². The molecule has 0 atom stereocenters. The molecule has 0 spiro atoms. The number of hydrogen-bond acceptors (Lipinski definition) is 7. The van der Waals surface area contributed by atoms with Gasteiger partial charge in [0.25, 0.3) is 16.8 Å². The van der Waals surface area contributed by atoms with Crippen LogP contribution in [0.15, 0.2) is 41.3 Å². The van der Waals surface area contributed by atoms with Gasteiger partial charge in [-0.05, 0) is 48.0 Å². The molecule has 2 amide bonds. The molecule has 1 heterocycles. The Morgan fingerprint density at radius 1 is 1.23 bits per heavy atom. The maximum atomic E-state index is 12.1. The Bertz CT molecular complexity index is 1060. The highest BCUT2D eigenvalue weighted by molar-refractivity contribution is 8.18. The van der Waals surface area contributed by atoms with Crippen LogP contribution in [0.25, 0.3) is 6.08 Å². The molecule has 0 saturated carbocycles. The average Bonchev–Trinajstić information content (AvgIpc) is 2.94. The summed E-state index contributed by atoms with van der Waals surface area (Å²) in [5, 5.41) is 10.8. The molecule has 1 saturated heterocycles. The van der Waals surface area contributed by atoms with Crippen molar-refractivity contribution in [1.82, 2.24) is 4.90 Å². The number of likely N-dealkylation sites (N-methyl/N-ethyl adjacent to an activating group) is 1. The van der Waals surface area contributed by atoms with E-state index in [1.165, 1.54) is 19.2 Å². The van der Waals surface area contributed by atoms with Gasteiger partial charge in [-0.2, -0.15) is 0 Å². The van der Waals surface area contributed by atoms with E-state index in [1.54, 1.807) is 37.3 Å². The van der Waals surface area contributed by atoms with E-state index in [4.69, 9.17) is 21.1 Å². The zero-order valence-electron chi connectivity index (χ0n) is 16.1. The zero-order chi connectivity index (χ0) is 21.8. The summed E-state index contributed by atoms with van der Waals surface area (Å²) >= 11 is 7.23. The molecule has 10 heteroatoms. The number of carbonyl (C=O) groups excluding carboxylic acids is 2. The lowest BCUT2D eigenvalue weighted by molar-refractivity contribution is -0.384. The zero-order valence-corrected chi connectivity index (χ0v) is 17.7. The second-order valence-electron chi connectivity index (χ2n) is 6.22. The molecule has 3 rings (SSSR count). The number of hydrogen-bond donors (Lipinski definition) is 0. The molecule has 0 unspecified atom stereocenters. The van der Waals surface area contributed by atoms with Gasteiger partial charge in [0.15, 0.2) is 11.5 Å². The third-order valence-electron chi connectivity index (χ3n) is 4.12. The summed E-state index contributed by atoms with van der Waals surface area (Å²) in [6.07, 6.45) is 1.56. The highest BCUT2D eigenvalue weighted by atomic mass is 35.5. The highest BCUT2D eigenvalue weighted by Crippen LogP contribution is 2.39. The summed E-state index contributed by atoms with van der Waals surface area (Å²) in [6, 6.07) is 9.35. The minimum atomic E-state index is -0.477. The predicted octanol–water partition coefficient (Wildman–Crippen LogP) is 4.89. The van der Waals surface area contributed by atoms with Crippen LogP contribution in [0.5, 0.6) is 11.5 Å². The number of ether oxygens (including phenoxy) is 2. The molecule has 156 valence electrons. The van der Waals surface area contributed by atoms with Gasteiger partial charge in [-0.3, -0.25) is 24.6 Å². The quantitative estimate of drug-likeness (QED) is 0.337. The Morgan fingerprint density at radius 3 is 2.63 bits per heavy atom. The van der Waals surface area contributed by atoms with Gasteiger partial charge in [-0.15, -0.1) is 0 Å². The lowest BCUT2D eigenvalue weighted by atomic mass is 10.1. The number of imide groups is 1. The van der Waals surface area contributed by atoms with Crippen molar-refractivity contribution in [1.29, 1.82) is 0 Å². The maximum absolute atomic E-state index is 12.1. The summed E-state index contributed by atoms with van der Waals surface area (Å²) in [5.41, 5.74) is 1.14. The van der Waals surface area contributed by atoms with Gasteiger partial charge < -0.3 is 9.47 Å². The number of thioether (sulfide) groups is 1. The molecular formula is C20H17ClN2O6S. The van der Waals surface area contributed by atoms with E-state index >= 15 is 0 Å². The second kappa shape index (κ2) is 9.19. The average molecular weight is 449 g/mol. The first-order chi connectivity index (χ1) is 14.3. The Balaban J connectivity index is 1.87. The number of carbonyl (C=O) groups is 2. The molecule has 0 bridgehead atoms. The molecule has 30 heavy (non-hydrogen) atoms. The summed E-state index contributed by atoms with van der Waals surface area (Å²) in [6.45, 7) is 2.20. The van der Waals surface area contributed by atoms with E-state index in [2.05, 4.69) is 0 Å². The van der Waals surface area contributed by atoms with E-state index in [0.717, 1.165) is 16.7 Å². The standard InChI is InChI=1S/C20H17ClN2O6S/c1-3-28-16-9-13(10-17-19(24)22(2)20(25)30-17)8-15(21)18(16)29-11-12-5-4-6-14(7-12)23(26)27/h4-10H,3,11H2,1-2H3/b17-10-. The molecule has 0 aromatic heterocycles. The largest absolute Gasteiger partial charge is 0.490 e. The van der Waals surface area contributed by atoms with Gasteiger partial charge in [0, 0.05) is 19.2 Å². The van der Waals surface area contributed by atoms with E-state index in [9.17, 15) is 19.7 Å². The molecule has 2 aromatic carbocycles. The van der Waals surface area contributed by atoms with Crippen LogP contribution in [-0.4, -0.2) is 34.6 Å². The van der Waals surface area contributed by atoms with E-state index in [1.807, 2.05) is 0 Å². The van der Waals surface area contributed by atoms with Crippen LogP contribution in [-0.2, 0) is 11.4 Å². The smallest absolute Gasteiger partial charge is 0.293 e. The fourth-order valence-electron chi connectivity index (χ4n) is 2.69. The molecule has 1 aliphatic rings. The van der Waals surface area contributed by atoms with Crippen LogP contribution >= 0.6 is 23.4 Å². The Labute approximate surface area is 181 Å². The SMILES string of the molecule is CCOc1cc(/C=C2\SC(=O)N(C)C2=O)cc(Cl)c1OCc1cccc([N+](=O)[O-])c1. The third kappa shape index (κ3) is 4.74. The van der Waals surface area contributed by atoms with Crippen LogP contribution in [0.3, 0.4) is 0 Å². The van der Waals surface area contributed by atoms with Crippen LogP contribution < -0.4 is 9.47 Å². The van der Waals surface area contributed by atoms with E-state index < -0.39 is 4.92 Å². The number of nitro groups is 1. The normalized spacial score (nSPS) is 15.0. The lowest BCUT2D eigenvalue weighted by Gasteiger charge is -2.14. The molecule has 0 aliphatic carbocycles. The number of halogens is 1. The van der Waals surface area contributed by atoms with Gasteiger partial charge >= 0.3 is 0 Å². The summed E-state index contributed by atoms with van der Waals surface area (Å²) in [5.74, 6) is 0.258. The van der Waals surface area contributed by atoms with E-state index in [-0.39, 0.29) is 39.1 Å². The monoisotopic (exact) mass is 448 g/mol. The summed E-state index contributed by atoms with van der Waals surface area (Å²) in [4.78, 5) is 35.6. The lowest BCUT2D eigenvalue weighted by Crippen LogP contribution is -2.22. The molecule has 0 N–H and O–H groups in total. The van der Waals surface area contributed by atoms with Crippen molar-refractivity contribution in [2.24, 2.45) is 0 Å². The minimum absolute atomic E-state index is 0.0348. The maximum Gasteiger partial charge on any atom is 0.293 e. The van der Waals surface area contributed by atoms with E-state index in [0.29, 0.717) is 23.5 Å². The number of benzene rings is 2. The third-order valence-corrected chi connectivity index (χ3v) is 5.36. The first kappa shape index (κ1) is 21.7. The summed E-state index contributed by atoms with van der Waals surface area (Å²) < 4.78 is 11.4. The van der Waals surface area contributed by atoms with Crippen molar-refractivity contribution in [2.75, 3.05) is 13.7 Å². The molecule has 0 radical (unpaired) electrons. The second-order valence-corrected chi connectivity index (χ2v) is 7.62. The van der Waals surface area contributed by atoms with Gasteiger partial charge in [-0.1, -0.05) is 23.7 Å². The molecule has 2 aromatic rings. The van der Waals surface area contributed by atoms with Gasteiger partial charge in [0.2, 0.25) is 0 Å². The number of rotatable bonds is 7. The van der Waals surface area contributed by atoms with Crippen molar-refractivity contribution < 1.29 is 24.0 Å². The van der Waals surface area contributed by atoms with Gasteiger partial charge in [0.05, 0.1) is 21.5 Å². The van der Waals surface area contributed by atoms with Crippen LogP contribution in [0.1, 0.15) is 18.1 Å². The molecule has 1 fully saturated rings. The number of nitrogens with zero attached hydrogens (tertiary/aromatic N) is 2. The van der Waals surface area contributed by atoms with Crippen molar-refractivity contribution in [3.63, 3.8) is 0 Å². The van der Waals surface area contributed by atoms with Crippen molar-refractivity contribution in [3.8, 4) is 11.5 Å². The van der Waals surface area contributed by atoms with Crippen molar-refractivity contribution in [2.45, 2.75) is 13.5 Å². The minimum Gasteiger partial charge on any atom is -0.490 e. The Hall–Kier alpha value is -3.04. The topological polar surface area (TPSA) is 99.0 Å². The number of non-ortho nitro benzene ring substituents is 1. The van der Waals surface area contributed by atoms with Gasteiger partial charge in [0.1, 0.15) is 6.61 Å².